The highest BCUT2D eigenvalue weighted by molar-refractivity contribution is 5.83. The molecule has 2 aliphatic heterocycles. The van der Waals surface area contributed by atoms with Crippen molar-refractivity contribution in [2.24, 2.45) is 5.92 Å². The maximum Gasteiger partial charge on any atom is 0.226 e. The minimum absolute atomic E-state index is 0.0682. The van der Waals surface area contributed by atoms with Crippen LogP contribution >= 0.6 is 0 Å². The van der Waals surface area contributed by atoms with Crippen molar-refractivity contribution in [1.29, 1.82) is 0 Å². The van der Waals surface area contributed by atoms with Crippen LogP contribution in [0.3, 0.4) is 0 Å². The van der Waals surface area contributed by atoms with Gasteiger partial charge in [0.2, 0.25) is 11.9 Å². The van der Waals surface area contributed by atoms with E-state index in [1.807, 2.05) is 0 Å². The molecule has 1 N–H and O–H groups in total. The zero-order chi connectivity index (χ0) is 21.5. The second kappa shape index (κ2) is 8.14. The van der Waals surface area contributed by atoms with Gasteiger partial charge in [-0.25, -0.2) is 9.97 Å². The molecule has 1 atom stereocenters. The van der Waals surface area contributed by atoms with E-state index in [0.717, 1.165) is 61.3 Å². The third-order valence-corrected chi connectivity index (χ3v) is 6.68. The lowest BCUT2D eigenvalue weighted by Crippen LogP contribution is -2.49. The molecule has 6 heteroatoms. The number of aryl methyl sites for hydroxylation is 3. The van der Waals surface area contributed by atoms with E-state index in [-0.39, 0.29) is 23.5 Å². The van der Waals surface area contributed by atoms with Crippen LogP contribution in [0.5, 0.6) is 0 Å². The Hall–Kier alpha value is -2.21. The van der Waals surface area contributed by atoms with Crippen molar-refractivity contribution < 1.29 is 9.53 Å². The largest absolute Gasteiger partial charge is 0.375 e. The van der Waals surface area contributed by atoms with Crippen molar-refractivity contribution in [3.8, 4) is 0 Å². The van der Waals surface area contributed by atoms with E-state index < -0.39 is 0 Å². The molecular formula is C24H34N4O2. The minimum atomic E-state index is -0.151. The highest BCUT2D eigenvalue weighted by atomic mass is 16.5. The molecule has 4 rings (SSSR count). The highest BCUT2D eigenvalue weighted by Gasteiger charge is 2.32. The normalized spacial score (nSPS) is 22.3. The molecule has 0 saturated carbocycles. The van der Waals surface area contributed by atoms with Crippen LogP contribution in [-0.4, -0.2) is 47.2 Å². The number of fused-ring (bicyclic) bond motifs is 1. The molecule has 6 nitrogen and oxygen atoms in total. The topological polar surface area (TPSA) is 67.4 Å². The van der Waals surface area contributed by atoms with Gasteiger partial charge >= 0.3 is 0 Å². The van der Waals surface area contributed by atoms with Gasteiger partial charge in [-0.2, -0.15) is 0 Å². The Morgan fingerprint density at radius 3 is 2.50 bits per heavy atom. The van der Waals surface area contributed by atoms with Crippen molar-refractivity contribution in [3.05, 3.63) is 29.0 Å². The lowest BCUT2D eigenvalue weighted by atomic mass is 9.91. The van der Waals surface area contributed by atoms with Crippen LogP contribution in [0.1, 0.15) is 56.4 Å². The zero-order valence-electron chi connectivity index (χ0n) is 18.9. The zero-order valence-corrected chi connectivity index (χ0v) is 18.9. The standard InChI is InChI=1S/C24H34N4O2/c1-15-12-20-17(3)25-23(27-21(20)13-16(15)2)28-9-6-18(7-10-28)22(29)26-19-8-11-30-24(4,5)14-19/h12-13,18-19H,6-11,14H2,1-5H3,(H,26,29). The van der Waals surface area contributed by atoms with Gasteiger partial charge in [0.1, 0.15) is 0 Å². The quantitative estimate of drug-likeness (QED) is 0.833. The van der Waals surface area contributed by atoms with Gasteiger partial charge in [0, 0.05) is 37.0 Å². The summed E-state index contributed by atoms with van der Waals surface area (Å²) in [5, 5.41) is 4.40. The number of rotatable bonds is 3. The van der Waals surface area contributed by atoms with Crippen LogP contribution in [-0.2, 0) is 9.53 Å². The minimum Gasteiger partial charge on any atom is -0.375 e. The average Bonchev–Trinajstić information content (AvgIpc) is 2.69. The first kappa shape index (κ1) is 21.0. The first-order chi connectivity index (χ1) is 14.2. The first-order valence-electron chi connectivity index (χ1n) is 11.2. The van der Waals surface area contributed by atoms with E-state index in [4.69, 9.17) is 14.7 Å². The molecule has 0 radical (unpaired) electrons. The average molecular weight is 411 g/mol. The molecule has 1 aromatic heterocycles. The van der Waals surface area contributed by atoms with E-state index in [0.29, 0.717) is 6.61 Å². The summed E-state index contributed by atoms with van der Waals surface area (Å²) < 4.78 is 5.77. The lowest BCUT2D eigenvalue weighted by molar-refractivity contribution is -0.128. The molecule has 2 saturated heterocycles. The van der Waals surface area contributed by atoms with E-state index >= 15 is 0 Å². The molecule has 2 aromatic rings. The number of nitrogens with one attached hydrogen (secondary N) is 1. The Morgan fingerprint density at radius 2 is 1.80 bits per heavy atom. The number of aromatic nitrogens is 2. The van der Waals surface area contributed by atoms with Crippen molar-refractivity contribution in [2.45, 2.75) is 71.9 Å². The number of benzene rings is 1. The molecule has 2 aliphatic rings. The molecule has 0 spiro atoms. The first-order valence-corrected chi connectivity index (χ1v) is 11.2. The number of nitrogens with zero attached hydrogens (tertiary/aromatic N) is 3. The monoisotopic (exact) mass is 410 g/mol. The Morgan fingerprint density at radius 1 is 1.10 bits per heavy atom. The lowest BCUT2D eigenvalue weighted by Gasteiger charge is -2.37. The third-order valence-electron chi connectivity index (χ3n) is 6.68. The fourth-order valence-corrected chi connectivity index (χ4v) is 4.68. The summed E-state index contributed by atoms with van der Waals surface area (Å²) in [4.78, 5) is 24.7. The number of hydrogen-bond donors (Lipinski definition) is 1. The number of ether oxygens (including phenoxy) is 1. The number of piperidine rings is 1. The Balaban J connectivity index is 1.39. The van der Waals surface area contributed by atoms with Crippen LogP contribution in [0, 0.1) is 26.7 Å². The highest BCUT2D eigenvalue weighted by Crippen LogP contribution is 2.27. The summed E-state index contributed by atoms with van der Waals surface area (Å²) in [5.74, 6) is 1.05. The van der Waals surface area contributed by atoms with Crippen LogP contribution in [0.25, 0.3) is 10.9 Å². The second-order valence-electron chi connectivity index (χ2n) is 9.63. The van der Waals surface area contributed by atoms with Crippen molar-refractivity contribution in [1.82, 2.24) is 15.3 Å². The summed E-state index contributed by atoms with van der Waals surface area (Å²) in [5.41, 5.74) is 4.38. The van der Waals surface area contributed by atoms with Gasteiger partial charge < -0.3 is 15.0 Å². The van der Waals surface area contributed by atoms with Gasteiger partial charge in [-0.1, -0.05) is 0 Å². The van der Waals surface area contributed by atoms with Crippen molar-refractivity contribution in [2.75, 3.05) is 24.6 Å². The SMILES string of the molecule is Cc1cc2nc(N3CCC(C(=O)NC4CCOC(C)(C)C4)CC3)nc(C)c2cc1C. The molecule has 30 heavy (non-hydrogen) atoms. The number of carbonyl (C=O) groups is 1. The Labute approximate surface area is 179 Å². The van der Waals surface area contributed by atoms with Crippen LogP contribution in [0.4, 0.5) is 5.95 Å². The molecule has 1 unspecified atom stereocenters. The maximum absolute atomic E-state index is 12.8. The maximum atomic E-state index is 12.8. The fourth-order valence-electron chi connectivity index (χ4n) is 4.68. The van der Waals surface area contributed by atoms with E-state index in [2.05, 4.69) is 57.0 Å². The molecule has 2 fully saturated rings. The molecule has 3 heterocycles. The Bertz CT molecular complexity index is 948. The van der Waals surface area contributed by atoms with Gasteiger partial charge in [0.15, 0.2) is 0 Å². The molecule has 1 aromatic carbocycles. The summed E-state index contributed by atoms with van der Waals surface area (Å²) in [6.07, 6.45) is 3.45. The summed E-state index contributed by atoms with van der Waals surface area (Å²) in [6, 6.07) is 4.55. The molecule has 0 aliphatic carbocycles. The fraction of sp³-hybridized carbons (Fsp3) is 0.625. The van der Waals surface area contributed by atoms with Crippen LogP contribution in [0.15, 0.2) is 12.1 Å². The smallest absolute Gasteiger partial charge is 0.226 e. The number of hydrogen-bond acceptors (Lipinski definition) is 5. The van der Waals surface area contributed by atoms with E-state index in [9.17, 15) is 4.79 Å². The molecule has 0 bridgehead atoms. The van der Waals surface area contributed by atoms with Crippen molar-refractivity contribution >= 4 is 22.8 Å². The van der Waals surface area contributed by atoms with Crippen molar-refractivity contribution in [3.63, 3.8) is 0 Å². The summed E-state index contributed by atoms with van der Waals surface area (Å²) in [7, 11) is 0. The van der Waals surface area contributed by atoms with Gasteiger partial charge in [0.05, 0.1) is 16.8 Å². The predicted octanol–water partition coefficient (Wildman–Crippen LogP) is 3.85. The van der Waals surface area contributed by atoms with Gasteiger partial charge in [-0.3, -0.25) is 4.79 Å². The molecule has 1 amide bonds. The van der Waals surface area contributed by atoms with Crippen LogP contribution in [0.2, 0.25) is 0 Å². The number of anilines is 1. The van der Waals surface area contributed by atoms with E-state index in [1.165, 1.54) is 11.1 Å². The predicted molar refractivity (Wildman–Crippen MR) is 120 cm³/mol. The summed E-state index contributed by atoms with van der Waals surface area (Å²) in [6.45, 7) is 12.8. The third kappa shape index (κ3) is 4.43. The van der Waals surface area contributed by atoms with Crippen LogP contribution < -0.4 is 10.2 Å². The number of carbonyl (C=O) groups excluding carboxylic acids is 1. The van der Waals surface area contributed by atoms with Gasteiger partial charge in [0.25, 0.3) is 0 Å². The second-order valence-corrected chi connectivity index (χ2v) is 9.63. The Kier molecular flexibility index (Phi) is 5.71. The summed E-state index contributed by atoms with van der Waals surface area (Å²) >= 11 is 0. The number of amides is 1. The van der Waals surface area contributed by atoms with E-state index in [1.54, 1.807) is 0 Å². The molecular weight excluding hydrogens is 376 g/mol. The molecule has 162 valence electrons. The van der Waals surface area contributed by atoms with Gasteiger partial charge in [-0.05, 0) is 83.6 Å². The van der Waals surface area contributed by atoms with Gasteiger partial charge in [-0.15, -0.1) is 0 Å².